The van der Waals surface area contributed by atoms with Crippen LogP contribution in [-0.4, -0.2) is 103 Å². The molecule has 1 aliphatic carbocycles. The summed E-state index contributed by atoms with van der Waals surface area (Å²) in [7, 11) is 0. The Kier molecular flexibility index (Phi) is 15.7. The van der Waals surface area contributed by atoms with Crippen molar-refractivity contribution in [2.24, 2.45) is 16.1 Å². The molecule has 4 amide bonds. The molecular weight excluding hydrogens is 1060 g/mol. The molecule has 3 aromatic carbocycles. The molecule has 5 atom stereocenters. The molecule has 2 fully saturated rings. The number of fused-ring (bicyclic) bond motifs is 4. The van der Waals surface area contributed by atoms with E-state index in [1.54, 1.807) is 52.4 Å². The van der Waals surface area contributed by atoms with Gasteiger partial charge in [0.25, 0.3) is 5.91 Å². The molecule has 1 saturated carbocycles. The number of carbonyl (C=O) groups is 5. The van der Waals surface area contributed by atoms with Crippen molar-refractivity contribution in [1.29, 1.82) is 0 Å². The standard InChI is InChI=1S/C58H63ClN10O8S2/c1-29-32(4)79-57-49(29)50(35-13-15-38(59)16-14-35)64-43(53-67-66-33(5)69(53)57)26-47(70)63-39-23-41(24-39)75-40-17-18-45-37(21-40)22-46(77-45)55(73)65-52(58(6,7)8)56(74)68-27-42(76-48(71)19-20-60)25-44(68)54(72)62-30(2)34-9-11-36(12-10-34)51-31(3)61-28-78-51/h9-18,21-22,28,30,39,41-44,52H,19-20,23-27,60H2,1-8H3,(H,62,72)(H,63,70)(H,65,73)/t30-,39-,41+,42+,43-,44-,52+/m0/s1. The van der Waals surface area contributed by atoms with Crippen LogP contribution in [0.5, 0.6) is 5.75 Å². The molecule has 21 heteroatoms. The van der Waals surface area contributed by atoms with Crippen molar-refractivity contribution in [3.05, 3.63) is 134 Å². The normalized spacial score (nSPS) is 19.5. The summed E-state index contributed by atoms with van der Waals surface area (Å²) in [4.78, 5) is 82.6. The predicted molar refractivity (Wildman–Crippen MR) is 303 cm³/mol. The molecule has 1 saturated heterocycles. The minimum absolute atomic E-state index is 0.0159. The van der Waals surface area contributed by atoms with Crippen LogP contribution in [-0.2, 0) is 23.9 Å². The molecule has 0 spiro atoms. The minimum Gasteiger partial charge on any atom is -0.490 e. The highest BCUT2D eigenvalue weighted by Gasteiger charge is 2.47. The highest BCUT2D eigenvalue weighted by Crippen LogP contribution is 2.40. The van der Waals surface area contributed by atoms with Crippen molar-refractivity contribution in [3.63, 3.8) is 0 Å². The summed E-state index contributed by atoms with van der Waals surface area (Å²) in [6, 6.07) is 19.0. The number of likely N-dealkylation sites (tertiary alicyclic amines) is 1. The van der Waals surface area contributed by atoms with E-state index in [1.807, 2.05) is 94.6 Å². The van der Waals surface area contributed by atoms with Crippen molar-refractivity contribution in [2.45, 2.75) is 130 Å². The molecule has 79 heavy (non-hydrogen) atoms. The van der Waals surface area contributed by atoms with Crippen LogP contribution in [0.4, 0.5) is 0 Å². The van der Waals surface area contributed by atoms with E-state index >= 15 is 0 Å². The van der Waals surface area contributed by atoms with Crippen molar-refractivity contribution in [1.82, 2.24) is 40.6 Å². The van der Waals surface area contributed by atoms with E-state index < -0.39 is 59.4 Å². The van der Waals surface area contributed by atoms with Gasteiger partial charge in [0, 0.05) is 58.3 Å². The van der Waals surface area contributed by atoms with Crippen LogP contribution in [0.1, 0.15) is 127 Å². The number of nitrogens with zero attached hydrogens (tertiary/aromatic N) is 6. The maximum absolute atomic E-state index is 14.7. The second-order valence-corrected chi connectivity index (χ2v) is 24.2. The number of benzene rings is 3. The molecule has 412 valence electrons. The van der Waals surface area contributed by atoms with E-state index in [0.29, 0.717) is 46.2 Å². The number of nitrogens with two attached hydrogens (primary N) is 1. The Balaban J connectivity index is 0.774. The lowest BCUT2D eigenvalue weighted by molar-refractivity contribution is -0.149. The largest absolute Gasteiger partial charge is 0.490 e. The van der Waals surface area contributed by atoms with Crippen LogP contribution < -0.4 is 26.4 Å². The Morgan fingerprint density at radius 2 is 1.65 bits per heavy atom. The lowest BCUT2D eigenvalue weighted by Crippen LogP contribution is -2.57. The fraction of sp³-hybridized carbons (Fsp3) is 0.397. The van der Waals surface area contributed by atoms with Crippen LogP contribution in [0, 0.1) is 33.1 Å². The number of hydrogen-bond acceptors (Lipinski definition) is 15. The van der Waals surface area contributed by atoms with Crippen LogP contribution >= 0.6 is 34.3 Å². The number of esters is 1. The Morgan fingerprint density at radius 1 is 0.911 bits per heavy atom. The third-order valence-corrected chi connectivity index (χ3v) is 17.3. The zero-order valence-electron chi connectivity index (χ0n) is 45.2. The van der Waals surface area contributed by atoms with E-state index in [0.717, 1.165) is 54.0 Å². The molecule has 2 aliphatic heterocycles. The van der Waals surface area contributed by atoms with Gasteiger partial charge in [-0.15, -0.1) is 32.9 Å². The molecule has 3 aliphatic rings. The van der Waals surface area contributed by atoms with Gasteiger partial charge in [-0.05, 0) is 93.1 Å². The second-order valence-electron chi connectivity index (χ2n) is 21.7. The Hall–Kier alpha value is -7.26. The van der Waals surface area contributed by atoms with Gasteiger partial charge in [0.2, 0.25) is 17.7 Å². The molecule has 0 bridgehead atoms. The van der Waals surface area contributed by atoms with Crippen molar-refractivity contribution >= 4 is 80.6 Å². The lowest BCUT2D eigenvalue weighted by atomic mass is 9.85. The van der Waals surface area contributed by atoms with E-state index in [4.69, 9.17) is 36.2 Å². The number of aryl methyl sites for hydroxylation is 3. The third kappa shape index (κ3) is 11.6. The smallest absolute Gasteiger partial charge is 0.307 e. The predicted octanol–water partition coefficient (Wildman–Crippen LogP) is 8.98. The highest BCUT2D eigenvalue weighted by molar-refractivity contribution is 7.15. The second kappa shape index (κ2) is 22.5. The van der Waals surface area contributed by atoms with Crippen LogP contribution in [0.25, 0.3) is 26.4 Å². The van der Waals surface area contributed by atoms with E-state index in [-0.39, 0.29) is 56.2 Å². The zero-order chi connectivity index (χ0) is 56.0. The fourth-order valence-corrected chi connectivity index (χ4v) is 12.6. The van der Waals surface area contributed by atoms with Gasteiger partial charge >= 0.3 is 5.97 Å². The molecule has 5 N–H and O–H groups in total. The Bertz CT molecular complexity index is 3500. The number of hydrogen-bond donors (Lipinski definition) is 4. The Labute approximate surface area is 470 Å². The average molecular weight is 1130 g/mol. The first-order valence-electron chi connectivity index (χ1n) is 26.4. The van der Waals surface area contributed by atoms with Gasteiger partial charge in [-0.1, -0.05) is 68.8 Å². The maximum Gasteiger partial charge on any atom is 0.307 e. The first-order valence-corrected chi connectivity index (χ1v) is 28.5. The molecular formula is C58H63ClN10O8S2. The number of furan rings is 1. The average Bonchev–Trinajstić information content (AvgIpc) is 4.37. The van der Waals surface area contributed by atoms with Crippen molar-refractivity contribution in [2.75, 3.05) is 13.1 Å². The number of amides is 4. The first kappa shape index (κ1) is 55.1. The monoisotopic (exact) mass is 1130 g/mol. The number of halogens is 1. The summed E-state index contributed by atoms with van der Waals surface area (Å²) in [5, 5.41) is 20.3. The van der Waals surface area contributed by atoms with Gasteiger partial charge in [-0.3, -0.25) is 33.5 Å². The molecule has 7 aromatic rings. The van der Waals surface area contributed by atoms with Crippen molar-refractivity contribution < 1.29 is 37.9 Å². The van der Waals surface area contributed by atoms with E-state index in [1.165, 1.54) is 4.90 Å². The van der Waals surface area contributed by atoms with Gasteiger partial charge in [0.05, 0.1) is 47.2 Å². The van der Waals surface area contributed by atoms with Crippen molar-refractivity contribution in [3.8, 4) is 21.2 Å². The zero-order valence-corrected chi connectivity index (χ0v) is 47.6. The highest BCUT2D eigenvalue weighted by atomic mass is 35.5. The molecule has 18 nitrogen and oxygen atoms in total. The number of aliphatic imine (C=N–C) groups is 1. The van der Waals surface area contributed by atoms with Gasteiger partial charge in [0.15, 0.2) is 11.6 Å². The number of rotatable bonds is 16. The summed E-state index contributed by atoms with van der Waals surface area (Å²) in [6.45, 7) is 15.4. The number of nitrogens with one attached hydrogen (secondary N) is 3. The summed E-state index contributed by atoms with van der Waals surface area (Å²) in [5.41, 5.74) is 13.6. The summed E-state index contributed by atoms with van der Waals surface area (Å²) < 4.78 is 20.1. The van der Waals surface area contributed by atoms with Crippen LogP contribution in [0.3, 0.4) is 0 Å². The summed E-state index contributed by atoms with van der Waals surface area (Å²) in [5.74, 6) is -0.406. The number of thiophene rings is 1. The fourth-order valence-electron chi connectivity index (χ4n) is 10.4. The van der Waals surface area contributed by atoms with E-state index in [2.05, 4.69) is 45.0 Å². The molecule has 0 radical (unpaired) electrons. The molecule has 6 heterocycles. The van der Waals surface area contributed by atoms with Crippen LogP contribution in [0.2, 0.25) is 5.02 Å². The molecule has 10 rings (SSSR count). The summed E-state index contributed by atoms with van der Waals surface area (Å²) in [6.07, 6.45) is 0.322. The molecule has 4 aromatic heterocycles. The molecule has 0 unspecified atom stereocenters. The SMILES string of the molecule is Cc1ncsc1-c1ccc([C@H](C)NC(=O)[C@@H]2C[C@@H](OC(=O)CCN)CN2C(=O)[C@@H](NC(=O)c2cc3cc(O[C@H]4C[C@@H](NC(=O)C[C@@H]5N=C(c6ccc(Cl)cc6)c6c(sc(C)c6C)-n6c(C)nnc65)C4)ccc3o2)C(C)(C)C)cc1. The number of ether oxygens (including phenoxy) is 2. The van der Waals surface area contributed by atoms with Gasteiger partial charge in [-0.2, -0.15) is 0 Å². The topological polar surface area (TPSA) is 238 Å². The van der Waals surface area contributed by atoms with Crippen LogP contribution in [0.15, 0.2) is 87.7 Å². The van der Waals surface area contributed by atoms with Gasteiger partial charge in [-0.25, -0.2) is 4.98 Å². The number of thiazole rings is 1. The Morgan fingerprint density at radius 3 is 2.34 bits per heavy atom. The first-order chi connectivity index (χ1) is 37.7. The van der Waals surface area contributed by atoms with E-state index in [9.17, 15) is 24.0 Å². The number of aromatic nitrogens is 4. The maximum atomic E-state index is 14.7. The quantitative estimate of drug-likeness (QED) is 0.0664. The number of carbonyl (C=O) groups excluding carboxylic acids is 5. The van der Waals surface area contributed by atoms with Gasteiger partial charge in [0.1, 0.15) is 52.5 Å². The van der Waals surface area contributed by atoms with Gasteiger partial charge < -0.3 is 40.5 Å². The minimum atomic E-state index is -1.12. The third-order valence-electron chi connectivity index (χ3n) is 14.9. The lowest BCUT2D eigenvalue weighted by Gasteiger charge is -2.36. The summed E-state index contributed by atoms with van der Waals surface area (Å²) >= 11 is 9.50.